The maximum Gasteiger partial charge on any atom is 0.234 e. The molecule has 6 heteroatoms. The molecule has 0 aromatic carbocycles. The van der Waals surface area contributed by atoms with Crippen LogP contribution >= 0.6 is 0 Å². The topological polar surface area (TPSA) is 70.8 Å². The molecule has 2 saturated heterocycles. The smallest absolute Gasteiger partial charge is 0.234 e. The van der Waals surface area contributed by atoms with Crippen LogP contribution in [0.25, 0.3) is 0 Å². The van der Waals surface area contributed by atoms with E-state index in [9.17, 15) is 4.79 Å². The lowest BCUT2D eigenvalue weighted by molar-refractivity contribution is -0.124. The van der Waals surface area contributed by atoms with Crippen molar-refractivity contribution in [3.05, 3.63) is 0 Å². The Morgan fingerprint density at radius 3 is 2.50 bits per heavy atom. The summed E-state index contributed by atoms with van der Waals surface area (Å²) >= 11 is 0. The monoisotopic (exact) mass is 366 g/mol. The highest BCUT2D eigenvalue weighted by atomic mass is 16.5. The predicted octanol–water partition coefficient (Wildman–Crippen LogP) is 1.20. The summed E-state index contributed by atoms with van der Waals surface area (Å²) in [6, 6.07) is 0.230. The second-order valence-electron chi connectivity index (χ2n) is 9.26. The maximum atomic E-state index is 12.6. The van der Waals surface area contributed by atoms with Crippen molar-refractivity contribution < 1.29 is 9.53 Å². The van der Waals surface area contributed by atoms with Gasteiger partial charge in [0.05, 0.1) is 19.8 Å². The molecular formula is C20H38N4O2. The van der Waals surface area contributed by atoms with Crippen LogP contribution in [-0.2, 0) is 9.53 Å². The Bertz CT molecular complexity index is 470. The fourth-order valence-corrected chi connectivity index (χ4v) is 4.99. The average molecular weight is 367 g/mol. The lowest BCUT2D eigenvalue weighted by atomic mass is 9.79. The number of rotatable bonds is 5. The van der Waals surface area contributed by atoms with Gasteiger partial charge in [-0.05, 0) is 24.7 Å². The average Bonchev–Trinajstić information content (AvgIpc) is 2.64. The molecule has 1 unspecified atom stereocenters. The van der Waals surface area contributed by atoms with E-state index >= 15 is 0 Å². The number of hydrogen-bond acceptors (Lipinski definition) is 5. The molecule has 150 valence electrons. The van der Waals surface area contributed by atoms with Crippen LogP contribution in [0.2, 0.25) is 0 Å². The lowest BCUT2D eigenvalue weighted by Crippen LogP contribution is -2.60. The Morgan fingerprint density at radius 1 is 1.15 bits per heavy atom. The molecule has 1 aliphatic carbocycles. The minimum absolute atomic E-state index is 0.0803. The summed E-state index contributed by atoms with van der Waals surface area (Å²) in [6.07, 6.45) is 7.22. The molecule has 3 aliphatic rings. The summed E-state index contributed by atoms with van der Waals surface area (Å²) < 4.78 is 5.54. The van der Waals surface area contributed by atoms with Gasteiger partial charge < -0.3 is 15.8 Å². The first-order valence-electron chi connectivity index (χ1n) is 10.5. The van der Waals surface area contributed by atoms with Crippen LogP contribution in [0.3, 0.4) is 0 Å². The fourth-order valence-electron chi connectivity index (χ4n) is 4.99. The number of hydrogen-bond donors (Lipinski definition) is 2. The highest BCUT2D eigenvalue weighted by Crippen LogP contribution is 2.34. The number of nitrogens with one attached hydrogen (secondary N) is 1. The molecule has 2 aliphatic heterocycles. The Hall–Kier alpha value is -0.690. The zero-order chi connectivity index (χ0) is 18.6. The molecule has 1 amide bonds. The van der Waals surface area contributed by atoms with Gasteiger partial charge in [-0.3, -0.25) is 14.6 Å². The Kier molecular flexibility index (Phi) is 6.59. The molecule has 1 saturated carbocycles. The van der Waals surface area contributed by atoms with Crippen LogP contribution in [0.5, 0.6) is 0 Å². The number of carbonyl (C=O) groups excluding carboxylic acids is 1. The van der Waals surface area contributed by atoms with Crippen molar-refractivity contribution in [2.75, 3.05) is 52.5 Å². The van der Waals surface area contributed by atoms with Crippen LogP contribution in [0.15, 0.2) is 0 Å². The van der Waals surface area contributed by atoms with E-state index in [2.05, 4.69) is 29.0 Å². The number of amides is 1. The third kappa shape index (κ3) is 4.77. The second kappa shape index (κ2) is 8.55. The minimum Gasteiger partial charge on any atom is -0.379 e. The standard InChI is InChI=1S/C20H38N4O2/c1-19(2)16-23(9-6-17(19)21)14-18(25)22-15-20(7-4-3-5-8-20)24-10-12-26-13-11-24/h17H,3-16,21H2,1-2H3,(H,22,25). The van der Waals surface area contributed by atoms with E-state index in [-0.39, 0.29) is 22.9 Å². The number of carbonyl (C=O) groups is 1. The van der Waals surface area contributed by atoms with Crippen LogP contribution in [-0.4, -0.2) is 79.8 Å². The minimum atomic E-state index is 0.0803. The Morgan fingerprint density at radius 2 is 1.85 bits per heavy atom. The van der Waals surface area contributed by atoms with Gasteiger partial charge in [-0.15, -0.1) is 0 Å². The lowest BCUT2D eigenvalue weighted by Gasteiger charge is -2.48. The van der Waals surface area contributed by atoms with E-state index in [1.807, 2.05) is 0 Å². The molecule has 0 aromatic heterocycles. The molecule has 3 fully saturated rings. The fraction of sp³-hybridized carbons (Fsp3) is 0.950. The molecular weight excluding hydrogens is 328 g/mol. The molecule has 3 rings (SSSR count). The van der Waals surface area contributed by atoms with Crippen molar-refractivity contribution in [3.63, 3.8) is 0 Å². The Balaban J connectivity index is 1.52. The molecule has 0 aromatic rings. The third-order valence-electron chi connectivity index (χ3n) is 6.84. The Labute approximate surface area is 158 Å². The van der Waals surface area contributed by atoms with E-state index < -0.39 is 0 Å². The first-order valence-corrected chi connectivity index (χ1v) is 10.5. The van der Waals surface area contributed by atoms with Gasteiger partial charge in [0.1, 0.15) is 0 Å². The van der Waals surface area contributed by atoms with Crippen LogP contribution in [0.1, 0.15) is 52.4 Å². The first kappa shape index (κ1) is 20.1. The van der Waals surface area contributed by atoms with Gasteiger partial charge in [-0.1, -0.05) is 33.1 Å². The van der Waals surface area contributed by atoms with Crippen molar-refractivity contribution in [3.8, 4) is 0 Å². The maximum absolute atomic E-state index is 12.6. The summed E-state index contributed by atoms with van der Waals surface area (Å²) in [4.78, 5) is 17.5. The summed E-state index contributed by atoms with van der Waals surface area (Å²) in [5.74, 6) is 0.162. The van der Waals surface area contributed by atoms with Crippen molar-refractivity contribution in [1.82, 2.24) is 15.1 Å². The van der Waals surface area contributed by atoms with Gasteiger partial charge in [0, 0.05) is 44.3 Å². The molecule has 1 atom stereocenters. The number of morpholine rings is 1. The highest BCUT2D eigenvalue weighted by molar-refractivity contribution is 5.78. The van der Waals surface area contributed by atoms with Crippen molar-refractivity contribution in [2.45, 2.75) is 64.0 Å². The van der Waals surface area contributed by atoms with Gasteiger partial charge in [-0.2, -0.15) is 0 Å². The van der Waals surface area contributed by atoms with E-state index in [0.29, 0.717) is 6.54 Å². The molecule has 26 heavy (non-hydrogen) atoms. The zero-order valence-electron chi connectivity index (χ0n) is 16.8. The van der Waals surface area contributed by atoms with Crippen molar-refractivity contribution in [2.24, 2.45) is 11.1 Å². The van der Waals surface area contributed by atoms with E-state index in [4.69, 9.17) is 10.5 Å². The van der Waals surface area contributed by atoms with Gasteiger partial charge in [0.2, 0.25) is 5.91 Å². The summed E-state index contributed by atoms with van der Waals surface area (Å²) in [5, 5.41) is 3.28. The van der Waals surface area contributed by atoms with E-state index in [0.717, 1.165) is 52.4 Å². The zero-order valence-corrected chi connectivity index (χ0v) is 16.8. The van der Waals surface area contributed by atoms with Crippen LogP contribution < -0.4 is 11.1 Å². The number of piperidine rings is 1. The number of nitrogens with two attached hydrogens (primary N) is 1. The van der Waals surface area contributed by atoms with Gasteiger partial charge >= 0.3 is 0 Å². The van der Waals surface area contributed by atoms with E-state index in [1.165, 1.54) is 32.1 Å². The predicted molar refractivity (Wildman–Crippen MR) is 104 cm³/mol. The van der Waals surface area contributed by atoms with Gasteiger partial charge in [-0.25, -0.2) is 0 Å². The summed E-state index contributed by atoms with van der Waals surface area (Å²) in [6.45, 7) is 11.1. The molecule has 3 N–H and O–H groups in total. The third-order valence-corrected chi connectivity index (χ3v) is 6.84. The number of nitrogens with zero attached hydrogens (tertiary/aromatic N) is 2. The van der Waals surface area contributed by atoms with Crippen LogP contribution in [0, 0.1) is 5.41 Å². The van der Waals surface area contributed by atoms with Crippen molar-refractivity contribution >= 4 is 5.91 Å². The molecule has 0 radical (unpaired) electrons. The van der Waals surface area contributed by atoms with Crippen LogP contribution in [0.4, 0.5) is 0 Å². The van der Waals surface area contributed by atoms with Gasteiger partial charge in [0.15, 0.2) is 0 Å². The molecule has 0 spiro atoms. The highest BCUT2D eigenvalue weighted by Gasteiger charge is 2.39. The SMILES string of the molecule is CC1(C)CN(CC(=O)NCC2(N3CCOCC3)CCCCC2)CCC1N. The normalized spacial score (nSPS) is 30.0. The molecule has 2 heterocycles. The largest absolute Gasteiger partial charge is 0.379 e. The van der Waals surface area contributed by atoms with Gasteiger partial charge in [0.25, 0.3) is 0 Å². The number of ether oxygens (including phenoxy) is 1. The quantitative estimate of drug-likeness (QED) is 0.765. The number of likely N-dealkylation sites (tertiary alicyclic amines) is 1. The summed E-state index contributed by atoms with van der Waals surface area (Å²) in [5.41, 5.74) is 6.44. The summed E-state index contributed by atoms with van der Waals surface area (Å²) in [7, 11) is 0. The molecule has 6 nitrogen and oxygen atoms in total. The van der Waals surface area contributed by atoms with Crippen molar-refractivity contribution in [1.29, 1.82) is 0 Å². The molecule has 0 bridgehead atoms. The first-order chi connectivity index (χ1) is 12.4. The van der Waals surface area contributed by atoms with E-state index in [1.54, 1.807) is 0 Å². The second-order valence-corrected chi connectivity index (χ2v) is 9.26.